The Morgan fingerprint density at radius 2 is 2.19 bits per heavy atom. The SMILES string of the molecule is O=c1oc2ccccc2n1Cn1ccnc1. The van der Waals surface area contributed by atoms with E-state index in [0.29, 0.717) is 12.3 Å². The van der Waals surface area contributed by atoms with Crippen molar-refractivity contribution in [3.8, 4) is 0 Å². The molecule has 5 nitrogen and oxygen atoms in total. The van der Waals surface area contributed by atoms with E-state index in [1.807, 2.05) is 22.8 Å². The van der Waals surface area contributed by atoms with Crippen LogP contribution >= 0.6 is 0 Å². The van der Waals surface area contributed by atoms with Crippen LogP contribution in [0.5, 0.6) is 0 Å². The molecule has 0 fully saturated rings. The summed E-state index contributed by atoms with van der Waals surface area (Å²) in [6.45, 7) is 0.413. The van der Waals surface area contributed by atoms with Crippen LogP contribution in [0, 0.1) is 0 Å². The lowest BCUT2D eigenvalue weighted by Gasteiger charge is -2.01. The molecular weight excluding hydrogens is 206 g/mol. The average molecular weight is 215 g/mol. The molecule has 0 atom stereocenters. The van der Waals surface area contributed by atoms with Gasteiger partial charge >= 0.3 is 5.76 Å². The van der Waals surface area contributed by atoms with Gasteiger partial charge in [0.05, 0.1) is 11.8 Å². The second kappa shape index (κ2) is 3.37. The van der Waals surface area contributed by atoms with Crippen LogP contribution in [0.3, 0.4) is 0 Å². The fraction of sp³-hybridized carbons (Fsp3) is 0.0909. The van der Waals surface area contributed by atoms with Gasteiger partial charge in [-0.05, 0) is 12.1 Å². The molecule has 1 aromatic carbocycles. The molecule has 0 bridgehead atoms. The van der Waals surface area contributed by atoms with Crippen molar-refractivity contribution in [2.24, 2.45) is 0 Å². The van der Waals surface area contributed by atoms with Gasteiger partial charge in [0.2, 0.25) is 0 Å². The van der Waals surface area contributed by atoms with E-state index in [2.05, 4.69) is 4.98 Å². The van der Waals surface area contributed by atoms with Gasteiger partial charge in [-0.3, -0.25) is 4.57 Å². The molecule has 3 aromatic rings. The number of rotatable bonds is 2. The summed E-state index contributed by atoms with van der Waals surface area (Å²) in [6.07, 6.45) is 5.13. The van der Waals surface area contributed by atoms with Crippen LogP contribution < -0.4 is 5.76 Å². The number of hydrogen-bond donors (Lipinski definition) is 0. The maximum atomic E-state index is 11.6. The van der Waals surface area contributed by atoms with Crippen LogP contribution in [0.1, 0.15) is 0 Å². The minimum Gasteiger partial charge on any atom is -0.408 e. The number of imidazole rings is 1. The molecule has 0 saturated heterocycles. The van der Waals surface area contributed by atoms with Crippen LogP contribution in [-0.4, -0.2) is 14.1 Å². The number of benzene rings is 1. The molecule has 2 heterocycles. The van der Waals surface area contributed by atoms with Gasteiger partial charge in [-0.1, -0.05) is 12.1 Å². The highest BCUT2D eigenvalue weighted by atomic mass is 16.4. The molecule has 0 amide bonds. The summed E-state index contributed by atoms with van der Waals surface area (Å²) >= 11 is 0. The first kappa shape index (κ1) is 8.96. The van der Waals surface area contributed by atoms with Gasteiger partial charge in [-0.15, -0.1) is 0 Å². The third-order valence-corrected chi connectivity index (χ3v) is 2.44. The maximum Gasteiger partial charge on any atom is 0.421 e. The highest BCUT2D eigenvalue weighted by molar-refractivity contribution is 5.72. The van der Waals surface area contributed by atoms with Crippen molar-refractivity contribution in [2.75, 3.05) is 0 Å². The van der Waals surface area contributed by atoms with Crippen molar-refractivity contribution in [1.29, 1.82) is 0 Å². The van der Waals surface area contributed by atoms with Crippen molar-refractivity contribution in [1.82, 2.24) is 14.1 Å². The van der Waals surface area contributed by atoms with E-state index in [0.717, 1.165) is 5.52 Å². The first-order valence-electron chi connectivity index (χ1n) is 4.89. The monoisotopic (exact) mass is 215 g/mol. The molecule has 80 valence electrons. The highest BCUT2D eigenvalue weighted by Gasteiger charge is 2.07. The van der Waals surface area contributed by atoms with Crippen LogP contribution in [0.15, 0.2) is 52.2 Å². The largest absolute Gasteiger partial charge is 0.421 e. The van der Waals surface area contributed by atoms with Crippen LogP contribution in [0.25, 0.3) is 11.1 Å². The van der Waals surface area contributed by atoms with Gasteiger partial charge < -0.3 is 8.98 Å². The Balaban J connectivity index is 2.16. The summed E-state index contributed by atoms with van der Waals surface area (Å²) < 4.78 is 8.50. The van der Waals surface area contributed by atoms with Crippen molar-refractivity contribution < 1.29 is 4.42 Å². The standard InChI is InChI=1S/C11H9N3O2/c15-11-14(8-13-6-5-12-7-13)9-3-1-2-4-10(9)16-11/h1-7H,8H2. The molecule has 0 N–H and O–H groups in total. The van der Waals surface area contributed by atoms with E-state index in [-0.39, 0.29) is 5.76 Å². The molecule has 0 saturated carbocycles. The lowest BCUT2D eigenvalue weighted by molar-refractivity contribution is 0.487. The van der Waals surface area contributed by atoms with Crippen molar-refractivity contribution in [2.45, 2.75) is 6.67 Å². The zero-order valence-electron chi connectivity index (χ0n) is 8.41. The second-order valence-electron chi connectivity index (χ2n) is 3.48. The summed E-state index contributed by atoms with van der Waals surface area (Å²) in [5.74, 6) is -0.352. The van der Waals surface area contributed by atoms with E-state index < -0.39 is 0 Å². The smallest absolute Gasteiger partial charge is 0.408 e. The zero-order chi connectivity index (χ0) is 11.0. The molecule has 0 radical (unpaired) electrons. The zero-order valence-corrected chi connectivity index (χ0v) is 8.41. The van der Waals surface area contributed by atoms with Gasteiger partial charge in [-0.25, -0.2) is 9.78 Å². The molecule has 0 aliphatic rings. The number of hydrogen-bond acceptors (Lipinski definition) is 3. The Morgan fingerprint density at radius 1 is 1.31 bits per heavy atom. The predicted octanol–water partition coefficient (Wildman–Crippen LogP) is 1.30. The Labute approximate surface area is 90.6 Å². The summed E-state index contributed by atoms with van der Waals surface area (Å²) in [4.78, 5) is 15.6. The molecule has 0 unspecified atom stereocenters. The summed E-state index contributed by atoms with van der Waals surface area (Å²) in [5.41, 5.74) is 1.40. The summed E-state index contributed by atoms with van der Waals surface area (Å²) in [5, 5.41) is 0. The van der Waals surface area contributed by atoms with Crippen molar-refractivity contribution in [3.05, 3.63) is 53.5 Å². The number of nitrogens with zero attached hydrogens (tertiary/aromatic N) is 3. The normalized spacial score (nSPS) is 11.0. The van der Waals surface area contributed by atoms with Gasteiger partial charge in [-0.2, -0.15) is 0 Å². The molecule has 0 aliphatic heterocycles. The van der Waals surface area contributed by atoms with E-state index >= 15 is 0 Å². The molecule has 5 heteroatoms. The molecule has 3 rings (SSSR count). The Morgan fingerprint density at radius 3 is 3.00 bits per heavy atom. The first-order chi connectivity index (χ1) is 7.84. The van der Waals surface area contributed by atoms with Crippen molar-refractivity contribution in [3.63, 3.8) is 0 Å². The fourth-order valence-electron chi connectivity index (χ4n) is 1.68. The number of fused-ring (bicyclic) bond motifs is 1. The topological polar surface area (TPSA) is 53.0 Å². The lowest BCUT2D eigenvalue weighted by atomic mass is 10.3. The van der Waals surface area contributed by atoms with Crippen LogP contribution in [-0.2, 0) is 6.67 Å². The Kier molecular flexibility index (Phi) is 1.89. The Bertz CT molecular complexity index is 664. The molecular formula is C11H9N3O2. The van der Waals surface area contributed by atoms with E-state index in [1.54, 1.807) is 29.4 Å². The van der Waals surface area contributed by atoms with Crippen LogP contribution in [0.2, 0.25) is 0 Å². The molecule has 0 spiro atoms. The number of oxazole rings is 1. The third kappa shape index (κ3) is 1.33. The third-order valence-electron chi connectivity index (χ3n) is 2.44. The highest BCUT2D eigenvalue weighted by Crippen LogP contribution is 2.11. The maximum absolute atomic E-state index is 11.6. The van der Waals surface area contributed by atoms with E-state index in [1.165, 1.54) is 0 Å². The van der Waals surface area contributed by atoms with Gasteiger partial charge in [0.25, 0.3) is 0 Å². The number of para-hydroxylation sites is 2. The minimum atomic E-state index is -0.352. The summed E-state index contributed by atoms with van der Waals surface area (Å²) in [7, 11) is 0. The second-order valence-corrected chi connectivity index (χ2v) is 3.48. The van der Waals surface area contributed by atoms with Gasteiger partial charge in [0.15, 0.2) is 5.58 Å². The van der Waals surface area contributed by atoms with Gasteiger partial charge in [0, 0.05) is 12.4 Å². The summed E-state index contributed by atoms with van der Waals surface area (Å²) in [6, 6.07) is 7.35. The fourth-order valence-corrected chi connectivity index (χ4v) is 1.68. The van der Waals surface area contributed by atoms with Crippen LogP contribution in [0.4, 0.5) is 0 Å². The molecule has 2 aromatic heterocycles. The van der Waals surface area contributed by atoms with E-state index in [4.69, 9.17) is 4.42 Å². The Hall–Kier alpha value is -2.30. The quantitative estimate of drug-likeness (QED) is 0.647. The average Bonchev–Trinajstić information content (AvgIpc) is 2.89. The van der Waals surface area contributed by atoms with Gasteiger partial charge in [0.1, 0.15) is 6.67 Å². The number of aromatic nitrogens is 3. The first-order valence-corrected chi connectivity index (χ1v) is 4.89. The lowest BCUT2D eigenvalue weighted by Crippen LogP contribution is -2.18. The molecule has 16 heavy (non-hydrogen) atoms. The van der Waals surface area contributed by atoms with E-state index in [9.17, 15) is 4.79 Å². The minimum absolute atomic E-state index is 0.352. The molecule has 0 aliphatic carbocycles. The predicted molar refractivity (Wildman–Crippen MR) is 58.1 cm³/mol. The van der Waals surface area contributed by atoms with Crippen molar-refractivity contribution >= 4 is 11.1 Å².